The maximum Gasteiger partial charge on any atom is 0.137 e. The van der Waals surface area contributed by atoms with E-state index in [9.17, 15) is 9.50 Å². The molecule has 0 saturated carbocycles. The molecular weight excluding hydrogens is 407 g/mol. The van der Waals surface area contributed by atoms with Crippen molar-refractivity contribution < 1.29 is 9.50 Å². The molecule has 0 spiro atoms. The van der Waals surface area contributed by atoms with E-state index >= 15 is 0 Å². The van der Waals surface area contributed by atoms with E-state index in [2.05, 4.69) is 31.9 Å². The van der Waals surface area contributed by atoms with Gasteiger partial charge in [0, 0.05) is 14.7 Å². The average Bonchev–Trinajstić information content (AvgIpc) is 2.86. The second-order valence-electron chi connectivity index (χ2n) is 4.38. The summed E-state index contributed by atoms with van der Waals surface area (Å²) in [4.78, 5) is 0. The van der Waals surface area contributed by atoms with Crippen LogP contribution in [0.2, 0.25) is 0 Å². The molecule has 0 saturated heterocycles. The fourth-order valence-electron chi connectivity index (χ4n) is 2.12. The maximum atomic E-state index is 13.6. The first-order chi connectivity index (χ1) is 9.58. The number of hydrogen-bond acceptors (Lipinski definition) is 2. The van der Waals surface area contributed by atoms with Gasteiger partial charge in [-0.3, -0.25) is 0 Å². The minimum absolute atomic E-state index is 0.373. The molecule has 102 valence electrons. The van der Waals surface area contributed by atoms with Crippen molar-refractivity contribution >= 4 is 53.3 Å². The van der Waals surface area contributed by atoms with E-state index in [0.717, 1.165) is 20.1 Å². The van der Waals surface area contributed by atoms with Gasteiger partial charge in [-0.25, -0.2) is 4.39 Å². The zero-order valence-corrected chi connectivity index (χ0v) is 14.1. The van der Waals surface area contributed by atoms with E-state index in [1.807, 2.05) is 23.6 Å². The molecule has 1 heterocycles. The second kappa shape index (κ2) is 5.56. The fraction of sp³-hybridized carbons (Fsp3) is 0.0667. The van der Waals surface area contributed by atoms with Crippen LogP contribution < -0.4 is 0 Å². The van der Waals surface area contributed by atoms with Crippen molar-refractivity contribution in [1.29, 1.82) is 0 Å². The van der Waals surface area contributed by atoms with Gasteiger partial charge in [0.05, 0.1) is 4.47 Å². The van der Waals surface area contributed by atoms with Gasteiger partial charge in [0.1, 0.15) is 11.9 Å². The number of halogens is 3. The molecule has 3 rings (SSSR count). The van der Waals surface area contributed by atoms with Crippen LogP contribution in [0.4, 0.5) is 4.39 Å². The number of fused-ring (bicyclic) bond motifs is 1. The number of benzene rings is 2. The zero-order valence-electron chi connectivity index (χ0n) is 10.1. The van der Waals surface area contributed by atoms with E-state index < -0.39 is 6.10 Å². The summed E-state index contributed by atoms with van der Waals surface area (Å²) in [7, 11) is 0. The zero-order chi connectivity index (χ0) is 14.3. The second-order valence-corrected chi connectivity index (χ2v) is 6.97. The molecule has 3 aromatic rings. The van der Waals surface area contributed by atoms with Gasteiger partial charge < -0.3 is 5.11 Å². The summed E-state index contributed by atoms with van der Waals surface area (Å²) in [5.74, 6) is -0.373. The minimum Gasteiger partial charge on any atom is -0.384 e. The summed E-state index contributed by atoms with van der Waals surface area (Å²) in [6.07, 6.45) is -0.833. The summed E-state index contributed by atoms with van der Waals surface area (Å²) >= 11 is 8.18. The summed E-state index contributed by atoms with van der Waals surface area (Å²) in [6.45, 7) is 0. The SMILES string of the molecule is OC(c1ccc(Br)c(F)c1)c1csc2c(Br)cccc12. The number of aliphatic hydroxyl groups is 1. The predicted molar refractivity (Wildman–Crippen MR) is 87.7 cm³/mol. The molecule has 1 aromatic heterocycles. The van der Waals surface area contributed by atoms with Crippen molar-refractivity contribution in [1.82, 2.24) is 0 Å². The third kappa shape index (κ3) is 2.44. The van der Waals surface area contributed by atoms with E-state index in [-0.39, 0.29) is 5.82 Å². The molecule has 0 radical (unpaired) electrons. The highest BCUT2D eigenvalue weighted by atomic mass is 79.9. The molecular formula is C15H9Br2FOS. The van der Waals surface area contributed by atoms with E-state index in [1.54, 1.807) is 23.5 Å². The lowest BCUT2D eigenvalue weighted by atomic mass is 10.0. The Morgan fingerprint density at radius 1 is 1.10 bits per heavy atom. The Morgan fingerprint density at radius 3 is 2.65 bits per heavy atom. The highest BCUT2D eigenvalue weighted by Gasteiger charge is 2.17. The van der Waals surface area contributed by atoms with Crippen molar-refractivity contribution in [3.8, 4) is 0 Å². The number of rotatable bonds is 2. The molecule has 0 aliphatic rings. The molecule has 0 bridgehead atoms. The van der Waals surface area contributed by atoms with Crippen molar-refractivity contribution in [3.63, 3.8) is 0 Å². The van der Waals surface area contributed by atoms with Gasteiger partial charge in [0.15, 0.2) is 0 Å². The largest absolute Gasteiger partial charge is 0.384 e. The van der Waals surface area contributed by atoms with E-state index in [0.29, 0.717) is 10.0 Å². The number of hydrogen-bond donors (Lipinski definition) is 1. The Bertz CT molecular complexity index is 785. The van der Waals surface area contributed by atoms with Crippen LogP contribution in [0.25, 0.3) is 10.1 Å². The van der Waals surface area contributed by atoms with Gasteiger partial charge in [0.25, 0.3) is 0 Å². The molecule has 1 nitrogen and oxygen atoms in total. The highest BCUT2D eigenvalue weighted by Crippen LogP contribution is 2.37. The monoisotopic (exact) mass is 414 g/mol. The fourth-order valence-corrected chi connectivity index (χ4v) is 4.00. The quantitative estimate of drug-likeness (QED) is 0.573. The number of thiophene rings is 1. The Labute approximate surface area is 136 Å². The first-order valence-electron chi connectivity index (χ1n) is 5.86. The Kier molecular flexibility index (Phi) is 3.95. The van der Waals surface area contributed by atoms with Crippen LogP contribution in [0.1, 0.15) is 17.2 Å². The van der Waals surface area contributed by atoms with E-state index in [1.165, 1.54) is 6.07 Å². The van der Waals surface area contributed by atoms with Gasteiger partial charge in [0.2, 0.25) is 0 Å². The van der Waals surface area contributed by atoms with Gasteiger partial charge in [-0.2, -0.15) is 0 Å². The predicted octanol–water partition coefficient (Wildman–Crippen LogP) is 5.65. The lowest BCUT2D eigenvalue weighted by Gasteiger charge is -2.11. The lowest BCUT2D eigenvalue weighted by molar-refractivity contribution is 0.221. The highest BCUT2D eigenvalue weighted by molar-refractivity contribution is 9.11. The molecule has 1 unspecified atom stereocenters. The first kappa shape index (κ1) is 14.2. The molecule has 1 atom stereocenters. The lowest BCUT2D eigenvalue weighted by Crippen LogP contribution is -1.99. The molecule has 1 N–H and O–H groups in total. The van der Waals surface area contributed by atoms with Crippen LogP contribution in [0, 0.1) is 5.82 Å². The van der Waals surface area contributed by atoms with Crippen LogP contribution in [0.15, 0.2) is 50.7 Å². The Hall–Kier alpha value is -0.750. The standard InChI is InChI=1S/C15H9Br2FOS/c16-11-5-4-8(6-13(11)18)14(19)10-7-20-15-9(10)2-1-3-12(15)17/h1-7,14,19H. The smallest absolute Gasteiger partial charge is 0.137 e. The van der Waals surface area contributed by atoms with Gasteiger partial charge in [-0.1, -0.05) is 18.2 Å². The normalized spacial score (nSPS) is 12.8. The van der Waals surface area contributed by atoms with Crippen LogP contribution in [0.5, 0.6) is 0 Å². The molecule has 0 aliphatic heterocycles. The minimum atomic E-state index is -0.833. The Morgan fingerprint density at radius 2 is 1.90 bits per heavy atom. The van der Waals surface area contributed by atoms with Crippen LogP contribution >= 0.6 is 43.2 Å². The first-order valence-corrected chi connectivity index (χ1v) is 8.33. The van der Waals surface area contributed by atoms with Crippen LogP contribution in [-0.4, -0.2) is 5.11 Å². The summed E-state index contributed by atoms with van der Waals surface area (Å²) in [5.41, 5.74) is 1.35. The summed E-state index contributed by atoms with van der Waals surface area (Å²) < 4.78 is 16.1. The third-order valence-electron chi connectivity index (χ3n) is 3.14. The third-order valence-corrected chi connectivity index (χ3v) is 5.75. The molecule has 2 aromatic carbocycles. The average molecular weight is 416 g/mol. The molecule has 5 heteroatoms. The molecule has 20 heavy (non-hydrogen) atoms. The summed E-state index contributed by atoms with van der Waals surface area (Å²) in [6, 6.07) is 10.5. The molecule has 0 aliphatic carbocycles. The Balaban J connectivity index is 2.10. The van der Waals surface area contributed by atoms with Crippen molar-refractivity contribution in [2.75, 3.05) is 0 Å². The van der Waals surface area contributed by atoms with E-state index in [4.69, 9.17) is 0 Å². The van der Waals surface area contributed by atoms with Gasteiger partial charge in [-0.05, 0) is 66.4 Å². The maximum absolute atomic E-state index is 13.6. The molecule has 0 fully saturated rings. The topological polar surface area (TPSA) is 20.2 Å². The number of aliphatic hydroxyl groups excluding tert-OH is 1. The molecule has 0 amide bonds. The van der Waals surface area contributed by atoms with Crippen molar-refractivity contribution in [2.45, 2.75) is 6.10 Å². The van der Waals surface area contributed by atoms with Crippen molar-refractivity contribution in [3.05, 3.63) is 67.7 Å². The van der Waals surface area contributed by atoms with Gasteiger partial charge >= 0.3 is 0 Å². The van der Waals surface area contributed by atoms with Gasteiger partial charge in [-0.15, -0.1) is 11.3 Å². The van der Waals surface area contributed by atoms with Crippen molar-refractivity contribution in [2.24, 2.45) is 0 Å². The summed E-state index contributed by atoms with van der Waals surface area (Å²) in [5, 5.41) is 13.4. The van der Waals surface area contributed by atoms with Crippen LogP contribution in [-0.2, 0) is 0 Å². The van der Waals surface area contributed by atoms with Crippen LogP contribution in [0.3, 0.4) is 0 Å².